The van der Waals surface area contributed by atoms with Gasteiger partial charge < -0.3 is 20.5 Å². The molecule has 0 aromatic heterocycles. The number of hydrogen-bond donors (Lipinski definition) is 2. The lowest BCUT2D eigenvalue weighted by atomic mass is 9.83. The molecule has 3 aromatic rings. The SMILES string of the molecule is C[B]CNc1cccc(Oc2cccc(Oc3cccc(N)c3)c2)c1. The molecular weight excluding hydrogens is 311 g/mol. The highest BCUT2D eigenvalue weighted by molar-refractivity contribution is 6.34. The first-order valence-corrected chi connectivity index (χ1v) is 8.16. The van der Waals surface area contributed by atoms with Gasteiger partial charge in [0.25, 0.3) is 0 Å². The largest absolute Gasteiger partial charge is 0.457 e. The normalized spacial score (nSPS) is 10.1. The van der Waals surface area contributed by atoms with Crippen LogP contribution in [0.5, 0.6) is 23.0 Å². The van der Waals surface area contributed by atoms with E-state index in [1.165, 1.54) is 0 Å². The van der Waals surface area contributed by atoms with E-state index in [4.69, 9.17) is 15.2 Å². The molecule has 0 aliphatic heterocycles. The summed E-state index contributed by atoms with van der Waals surface area (Å²) in [6.07, 6.45) is 0.812. The van der Waals surface area contributed by atoms with Gasteiger partial charge in [-0.3, -0.25) is 0 Å². The zero-order chi connectivity index (χ0) is 17.5. The minimum absolute atomic E-state index is 0.665. The van der Waals surface area contributed by atoms with Crippen LogP contribution in [-0.2, 0) is 0 Å². The number of benzene rings is 3. The molecule has 1 radical (unpaired) electrons. The lowest BCUT2D eigenvalue weighted by molar-refractivity contribution is 0.460. The second kappa shape index (κ2) is 8.15. The minimum Gasteiger partial charge on any atom is -0.457 e. The van der Waals surface area contributed by atoms with Crippen molar-refractivity contribution in [2.24, 2.45) is 0 Å². The van der Waals surface area contributed by atoms with Gasteiger partial charge in [-0.1, -0.05) is 25.0 Å². The van der Waals surface area contributed by atoms with Crippen LogP contribution in [0.4, 0.5) is 11.4 Å². The van der Waals surface area contributed by atoms with E-state index < -0.39 is 0 Å². The van der Waals surface area contributed by atoms with Crippen LogP contribution in [0.3, 0.4) is 0 Å². The maximum absolute atomic E-state index is 5.95. The van der Waals surface area contributed by atoms with E-state index in [2.05, 4.69) is 12.6 Å². The molecule has 5 heteroatoms. The molecule has 25 heavy (non-hydrogen) atoms. The molecule has 3 N–H and O–H groups in total. The van der Waals surface area contributed by atoms with Crippen molar-refractivity contribution >= 4 is 18.7 Å². The Morgan fingerprint density at radius 3 is 2.00 bits per heavy atom. The Morgan fingerprint density at radius 1 is 0.800 bits per heavy atom. The van der Waals surface area contributed by atoms with Crippen LogP contribution in [0.15, 0.2) is 72.8 Å². The van der Waals surface area contributed by atoms with Crippen LogP contribution in [0, 0.1) is 0 Å². The van der Waals surface area contributed by atoms with Crippen molar-refractivity contribution in [3.05, 3.63) is 72.8 Å². The fourth-order valence-electron chi connectivity index (χ4n) is 2.34. The lowest BCUT2D eigenvalue weighted by Gasteiger charge is -2.11. The number of nitrogen functional groups attached to an aromatic ring is 1. The Kier molecular flexibility index (Phi) is 5.47. The van der Waals surface area contributed by atoms with Crippen molar-refractivity contribution in [2.45, 2.75) is 6.82 Å². The van der Waals surface area contributed by atoms with E-state index >= 15 is 0 Å². The molecule has 0 heterocycles. The fourth-order valence-corrected chi connectivity index (χ4v) is 2.34. The Balaban J connectivity index is 1.71. The lowest BCUT2D eigenvalue weighted by Crippen LogP contribution is -2.05. The van der Waals surface area contributed by atoms with E-state index in [0.717, 1.165) is 17.9 Å². The van der Waals surface area contributed by atoms with Gasteiger partial charge in [0, 0.05) is 29.6 Å². The fraction of sp³-hybridized carbons (Fsp3) is 0.100. The van der Waals surface area contributed by atoms with Crippen molar-refractivity contribution in [2.75, 3.05) is 17.5 Å². The molecule has 0 atom stereocenters. The van der Waals surface area contributed by atoms with E-state index in [1.807, 2.05) is 73.6 Å². The van der Waals surface area contributed by atoms with Gasteiger partial charge in [-0.2, -0.15) is 0 Å². The number of ether oxygens (including phenoxy) is 2. The predicted octanol–water partition coefficient (Wildman–Crippen LogP) is 4.98. The minimum atomic E-state index is 0.665. The zero-order valence-corrected chi connectivity index (χ0v) is 14.1. The van der Waals surface area contributed by atoms with Crippen LogP contribution >= 0.6 is 0 Å². The van der Waals surface area contributed by atoms with Gasteiger partial charge in [-0.25, -0.2) is 0 Å². The predicted molar refractivity (Wildman–Crippen MR) is 104 cm³/mol. The van der Waals surface area contributed by atoms with E-state index in [9.17, 15) is 0 Å². The van der Waals surface area contributed by atoms with Gasteiger partial charge >= 0.3 is 0 Å². The molecule has 4 nitrogen and oxygen atoms in total. The molecule has 0 fully saturated rings. The third-order valence-electron chi connectivity index (χ3n) is 3.48. The summed E-state index contributed by atoms with van der Waals surface area (Å²) in [4.78, 5) is 0. The number of nitrogens with two attached hydrogens (primary N) is 1. The Bertz CT molecular complexity index is 839. The summed E-state index contributed by atoms with van der Waals surface area (Å²) in [5.41, 5.74) is 7.46. The van der Waals surface area contributed by atoms with E-state index in [0.29, 0.717) is 22.9 Å². The molecule has 3 rings (SSSR count). The summed E-state index contributed by atoms with van der Waals surface area (Å²) in [6.45, 7) is 2.01. The third kappa shape index (κ3) is 4.95. The first-order chi connectivity index (χ1) is 12.2. The smallest absolute Gasteiger partial charge is 0.132 e. The highest BCUT2D eigenvalue weighted by atomic mass is 16.5. The molecule has 0 aliphatic rings. The average Bonchev–Trinajstić information content (AvgIpc) is 2.61. The summed E-state index contributed by atoms with van der Waals surface area (Å²) in [6, 6.07) is 22.7. The monoisotopic (exact) mass is 331 g/mol. The maximum Gasteiger partial charge on any atom is 0.132 e. The number of rotatable bonds is 7. The number of hydrogen-bond acceptors (Lipinski definition) is 4. The topological polar surface area (TPSA) is 56.5 Å². The summed E-state index contributed by atoms with van der Waals surface area (Å²) in [5, 5.41) is 3.30. The van der Waals surface area contributed by atoms with Gasteiger partial charge in [-0.05, 0) is 42.8 Å². The van der Waals surface area contributed by atoms with Crippen molar-refractivity contribution in [1.82, 2.24) is 0 Å². The third-order valence-corrected chi connectivity index (χ3v) is 3.48. The zero-order valence-electron chi connectivity index (χ0n) is 14.1. The molecule has 0 aliphatic carbocycles. The standard InChI is InChI=1S/C20H20BN2O2/c1-21-14-23-16-6-3-8-18(12-16)25-20-10-4-9-19(13-20)24-17-7-2-5-15(22)11-17/h2-13,23H,14,22H2,1H3. The first-order valence-electron chi connectivity index (χ1n) is 8.16. The summed E-state index contributed by atoms with van der Waals surface area (Å²) in [5.74, 6) is 2.86. The Labute approximate surface area is 148 Å². The van der Waals surface area contributed by atoms with Crippen LogP contribution in [0.1, 0.15) is 0 Å². The van der Waals surface area contributed by atoms with Gasteiger partial charge in [0.2, 0.25) is 0 Å². The van der Waals surface area contributed by atoms with Gasteiger partial charge in [0.05, 0.1) is 0 Å². The number of anilines is 2. The van der Waals surface area contributed by atoms with Crippen molar-refractivity contribution in [3.8, 4) is 23.0 Å². The van der Waals surface area contributed by atoms with E-state index in [-0.39, 0.29) is 0 Å². The van der Waals surface area contributed by atoms with E-state index in [1.54, 1.807) is 6.07 Å². The molecular formula is C20H20BN2O2. The van der Waals surface area contributed by atoms with Crippen molar-refractivity contribution in [3.63, 3.8) is 0 Å². The first kappa shape index (κ1) is 16.8. The van der Waals surface area contributed by atoms with Crippen LogP contribution in [0.25, 0.3) is 0 Å². The Morgan fingerprint density at radius 2 is 1.36 bits per heavy atom. The molecule has 0 spiro atoms. The van der Waals surface area contributed by atoms with Gasteiger partial charge in [-0.15, -0.1) is 0 Å². The van der Waals surface area contributed by atoms with Crippen LogP contribution < -0.4 is 20.5 Å². The molecule has 0 unspecified atom stereocenters. The molecule has 0 saturated heterocycles. The molecule has 0 bridgehead atoms. The second-order valence-electron chi connectivity index (χ2n) is 5.57. The van der Waals surface area contributed by atoms with Gasteiger partial charge in [0.15, 0.2) is 0 Å². The molecule has 3 aromatic carbocycles. The molecule has 125 valence electrons. The quantitative estimate of drug-likeness (QED) is 0.474. The maximum atomic E-state index is 5.95. The Hall–Kier alpha value is -3.08. The van der Waals surface area contributed by atoms with Crippen molar-refractivity contribution in [1.29, 1.82) is 0 Å². The van der Waals surface area contributed by atoms with Crippen LogP contribution in [-0.4, -0.2) is 13.7 Å². The van der Waals surface area contributed by atoms with Crippen molar-refractivity contribution < 1.29 is 9.47 Å². The average molecular weight is 331 g/mol. The highest BCUT2D eigenvalue weighted by Gasteiger charge is 2.03. The van der Waals surface area contributed by atoms with Gasteiger partial charge in [0.1, 0.15) is 30.3 Å². The summed E-state index contributed by atoms with van der Waals surface area (Å²) >= 11 is 0. The molecule has 0 amide bonds. The summed E-state index contributed by atoms with van der Waals surface area (Å²) < 4.78 is 11.8. The molecule has 0 saturated carbocycles. The summed E-state index contributed by atoms with van der Waals surface area (Å²) in [7, 11) is 2.06. The number of nitrogens with one attached hydrogen (secondary N) is 1. The second-order valence-corrected chi connectivity index (χ2v) is 5.57. The van der Waals surface area contributed by atoms with Crippen LogP contribution in [0.2, 0.25) is 6.82 Å². The highest BCUT2D eigenvalue weighted by Crippen LogP contribution is 2.29.